The lowest BCUT2D eigenvalue weighted by Gasteiger charge is -2.49. The second-order valence-electron chi connectivity index (χ2n) is 6.79. The number of hydrogen-bond acceptors (Lipinski definition) is 3. The molecule has 0 aromatic carbocycles. The molecular weight excluding hydrogens is 219 g/mol. The zero-order valence-corrected chi connectivity index (χ0v) is 13.5. The van der Waals surface area contributed by atoms with Crippen LogP contribution in [-0.2, 0) is 0 Å². The van der Waals surface area contributed by atoms with E-state index in [9.17, 15) is 0 Å². The highest BCUT2D eigenvalue weighted by molar-refractivity contribution is 6.81. The lowest BCUT2D eigenvalue weighted by molar-refractivity contribution is 0.488. The first-order valence-corrected chi connectivity index (χ1v) is 7.26. The first-order chi connectivity index (χ1) is 8.25. The fourth-order valence-corrected chi connectivity index (χ4v) is 3.76. The van der Waals surface area contributed by atoms with Crippen LogP contribution in [0.1, 0.15) is 41.0 Å². The zero-order valence-electron chi connectivity index (χ0n) is 13.5. The highest BCUT2D eigenvalue weighted by Crippen LogP contribution is 2.28. The monoisotopic (exact) mass is 248 g/mol. The molecule has 0 aromatic heterocycles. The van der Waals surface area contributed by atoms with Gasteiger partial charge in [-0.25, -0.2) is 0 Å². The van der Waals surface area contributed by atoms with Gasteiger partial charge < -0.3 is 14.2 Å². The van der Waals surface area contributed by atoms with Gasteiger partial charge in [0.05, 0.1) is 0 Å². The third-order valence-electron chi connectivity index (χ3n) is 3.98. The molecule has 0 N–H and O–H groups in total. The van der Waals surface area contributed by atoms with Crippen LogP contribution < -0.4 is 0 Å². The predicted octanol–water partition coefficient (Wildman–Crippen LogP) is 2.15. The van der Waals surface area contributed by atoms with Crippen molar-refractivity contribution in [1.82, 2.24) is 14.2 Å². The molecule has 6 heteroatoms. The van der Waals surface area contributed by atoms with Crippen molar-refractivity contribution in [3.8, 4) is 0 Å². The number of nitrogens with zero attached hydrogens (tertiary/aromatic N) is 3. The third kappa shape index (κ3) is 3.55. The lowest BCUT2D eigenvalue weighted by atomic mass is 9.41. The molecule has 0 spiro atoms. The Labute approximate surface area is 116 Å². The Balaban J connectivity index is 2.82. The van der Waals surface area contributed by atoms with E-state index < -0.39 is 0 Å². The molecule has 18 heavy (non-hydrogen) atoms. The summed E-state index contributed by atoms with van der Waals surface area (Å²) in [7, 11) is 8.92. The van der Waals surface area contributed by atoms with E-state index in [1.54, 1.807) is 0 Å². The van der Waals surface area contributed by atoms with E-state index in [1.807, 2.05) is 0 Å². The average molecular weight is 248 g/mol. The van der Waals surface area contributed by atoms with E-state index in [2.05, 4.69) is 77.5 Å². The molecule has 0 aromatic rings. The molecule has 1 radical (unpaired) electrons. The van der Waals surface area contributed by atoms with Crippen LogP contribution in [-0.4, -0.2) is 56.8 Å². The second kappa shape index (κ2) is 6.49. The fourth-order valence-electron chi connectivity index (χ4n) is 3.76. The first kappa shape index (κ1) is 16.1. The van der Waals surface area contributed by atoms with Gasteiger partial charge in [-0.3, -0.25) is 0 Å². The van der Waals surface area contributed by atoms with Crippen LogP contribution in [0.15, 0.2) is 0 Å². The molecule has 1 saturated heterocycles. The van der Waals surface area contributed by atoms with Crippen molar-refractivity contribution in [2.24, 2.45) is 5.92 Å². The summed E-state index contributed by atoms with van der Waals surface area (Å²) < 4.78 is 7.24. The number of rotatable bonds is 4. The Hall–Kier alpha value is 0.0748. The SMILES string of the molecule is CC(C)CC(C)B1N(C)[B]N(C)B(C(C)C)N1C. The first-order valence-electron chi connectivity index (χ1n) is 7.26. The summed E-state index contributed by atoms with van der Waals surface area (Å²) in [6.45, 7) is 12.6. The van der Waals surface area contributed by atoms with E-state index in [1.165, 1.54) is 6.42 Å². The Morgan fingerprint density at radius 1 is 0.889 bits per heavy atom. The highest BCUT2D eigenvalue weighted by atomic mass is 15.3. The Bertz CT molecular complexity index is 263. The molecule has 1 heterocycles. The van der Waals surface area contributed by atoms with Gasteiger partial charge in [0.2, 0.25) is 0 Å². The maximum atomic E-state index is 2.54. The van der Waals surface area contributed by atoms with Crippen LogP contribution in [0.5, 0.6) is 0 Å². The third-order valence-corrected chi connectivity index (χ3v) is 3.98. The van der Waals surface area contributed by atoms with Gasteiger partial charge in [0.25, 0.3) is 21.5 Å². The molecule has 0 aliphatic carbocycles. The van der Waals surface area contributed by atoms with E-state index in [4.69, 9.17) is 0 Å². The summed E-state index contributed by atoms with van der Waals surface area (Å²) in [4.78, 5) is 0. The molecule has 1 unspecified atom stereocenters. The Morgan fingerprint density at radius 2 is 1.39 bits per heavy atom. The van der Waals surface area contributed by atoms with Gasteiger partial charge in [-0.2, -0.15) is 0 Å². The van der Waals surface area contributed by atoms with Gasteiger partial charge in [0.1, 0.15) is 0 Å². The number of hydrogen-bond donors (Lipinski definition) is 0. The summed E-state index contributed by atoms with van der Waals surface area (Å²) in [5.74, 6) is 2.09. The van der Waals surface area contributed by atoms with Crippen LogP contribution in [0.3, 0.4) is 0 Å². The van der Waals surface area contributed by atoms with Gasteiger partial charge in [-0.1, -0.05) is 41.0 Å². The minimum Gasteiger partial charge on any atom is -0.363 e. The van der Waals surface area contributed by atoms with Gasteiger partial charge in [0, 0.05) is 0 Å². The van der Waals surface area contributed by atoms with Crippen LogP contribution in [0.4, 0.5) is 0 Å². The van der Waals surface area contributed by atoms with E-state index >= 15 is 0 Å². The molecule has 1 atom stereocenters. The molecule has 101 valence electrons. The summed E-state index contributed by atoms with van der Waals surface area (Å²) in [6, 6.07) is 0. The summed E-state index contributed by atoms with van der Waals surface area (Å²) in [6.07, 6.45) is 1.28. The van der Waals surface area contributed by atoms with Gasteiger partial charge in [-0.05, 0) is 38.7 Å². The minimum absolute atomic E-state index is 0.501. The largest absolute Gasteiger partial charge is 0.363 e. The summed E-state index contributed by atoms with van der Waals surface area (Å²) >= 11 is 0. The van der Waals surface area contributed by atoms with Gasteiger partial charge in [0.15, 0.2) is 0 Å². The molecule has 1 fully saturated rings. The molecule has 0 amide bonds. The summed E-state index contributed by atoms with van der Waals surface area (Å²) in [5.41, 5.74) is 0. The lowest BCUT2D eigenvalue weighted by Crippen LogP contribution is -2.71. The van der Waals surface area contributed by atoms with Crippen molar-refractivity contribution in [1.29, 1.82) is 0 Å². The van der Waals surface area contributed by atoms with Crippen molar-refractivity contribution >= 4 is 21.5 Å². The molecule has 0 bridgehead atoms. The van der Waals surface area contributed by atoms with E-state index in [0.717, 1.165) is 5.92 Å². The van der Waals surface area contributed by atoms with E-state index in [-0.39, 0.29) is 0 Å². The van der Waals surface area contributed by atoms with Crippen molar-refractivity contribution < 1.29 is 0 Å². The molecular formula is C12H29B3N3. The van der Waals surface area contributed by atoms with Crippen molar-refractivity contribution in [3.05, 3.63) is 0 Å². The molecule has 0 saturated carbocycles. The maximum absolute atomic E-state index is 2.54. The average Bonchev–Trinajstić information content (AvgIpc) is 2.13. The molecule has 3 nitrogen and oxygen atoms in total. The van der Waals surface area contributed by atoms with Crippen LogP contribution in [0.2, 0.25) is 11.6 Å². The Morgan fingerprint density at radius 3 is 1.83 bits per heavy atom. The smallest absolute Gasteiger partial charge is 0.292 e. The van der Waals surface area contributed by atoms with E-state index in [0.29, 0.717) is 25.6 Å². The maximum Gasteiger partial charge on any atom is 0.292 e. The van der Waals surface area contributed by atoms with Crippen molar-refractivity contribution in [2.75, 3.05) is 21.1 Å². The quantitative estimate of drug-likeness (QED) is 0.705. The van der Waals surface area contributed by atoms with Crippen LogP contribution in [0, 0.1) is 5.92 Å². The molecule has 1 aliphatic rings. The van der Waals surface area contributed by atoms with Crippen LogP contribution >= 0.6 is 0 Å². The zero-order chi connectivity index (χ0) is 14.0. The van der Waals surface area contributed by atoms with Crippen molar-refractivity contribution in [2.45, 2.75) is 52.7 Å². The van der Waals surface area contributed by atoms with Crippen LogP contribution in [0.25, 0.3) is 0 Å². The highest BCUT2D eigenvalue weighted by Gasteiger charge is 2.45. The van der Waals surface area contributed by atoms with Gasteiger partial charge >= 0.3 is 0 Å². The standard InChI is InChI=1S/C12H29B3N3/c1-10(2)9-12(5)15-17(7)13-16(6)14(11(3)4)18(15)8/h10-12H,9H2,1-8H3. The molecule has 1 aliphatic heterocycles. The van der Waals surface area contributed by atoms with Crippen molar-refractivity contribution in [3.63, 3.8) is 0 Å². The Kier molecular flexibility index (Phi) is 5.82. The topological polar surface area (TPSA) is 9.72 Å². The summed E-state index contributed by atoms with van der Waals surface area (Å²) in [5, 5.41) is 0. The minimum atomic E-state index is 0.501. The molecule has 1 rings (SSSR count). The van der Waals surface area contributed by atoms with Gasteiger partial charge in [-0.15, -0.1) is 0 Å². The predicted molar refractivity (Wildman–Crippen MR) is 84.5 cm³/mol. The fraction of sp³-hybridized carbons (Fsp3) is 1.00. The second-order valence-corrected chi connectivity index (χ2v) is 6.79. The normalized spacial score (nSPS) is 21.9.